The minimum Gasteiger partial charge on any atom is -0.323 e. The molecule has 1 aromatic carbocycles. The number of halogens is 2. The Labute approximate surface area is 99.0 Å². The molecule has 0 bridgehead atoms. The maximum absolute atomic E-state index is 13.3. The van der Waals surface area contributed by atoms with Crippen LogP contribution in [-0.4, -0.2) is 9.55 Å². The van der Waals surface area contributed by atoms with Crippen molar-refractivity contribution in [2.75, 3.05) is 0 Å². The van der Waals surface area contributed by atoms with E-state index in [1.165, 1.54) is 6.07 Å². The molecule has 0 aliphatic heterocycles. The molecule has 2 aromatic rings. The van der Waals surface area contributed by atoms with Gasteiger partial charge in [-0.05, 0) is 33.8 Å². The van der Waals surface area contributed by atoms with Gasteiger partial charge in [0.2, 0.25) is 0 Å². The van der Waals surface area contributed by atoms with E-state index in [1.54, 1.807) is 6.07 Å². The van der Waals surface area contributed by atoms with Crippen molar-refractivity contribution < 1.29 is 4.39 Å². The van der Waals surface area contributed by atoms with Gasteiger partial charge in [-0.25, -0.2) is 9.37 Å². The van der Waals surface area contributed by atoms with Crippen LogP contribution in [0.3, 0.4) is 0 Å². The lowest BCUT2D eigenvalue weighted by Gasteiger charge is -2.23. The average molecular weight is 241 g/mol. The number of nitrogens with zero attached hydrogens (tertiary/aromatic N) is 2. The first-order valence-electron chi connectivity index (χ1n) is 5.15. The van der Waals surface area contributed by atoms with Gasteiger partial charge in [0, 0.05) is 11.6 Å². The zero-order valence-electron chi connectivity index (χ0n) is 9.81. The van der Waals surface area contributed by atoms with Gasteiger partial charge >= 0.3 is 0 Å². The van der Waals surface area contributed by atoms with Crippen LogP contribution in [0.15, 0.2) is 12.1 Å². The molecule has 0 radical (unpaired) electrons. The predicted octanol–water partition coefficient (Wildman–Crippen LogP) is 3.89. The van der Waals surface area contributed by atoms with Crippen LogP contribution in [0.1, 0.15) is 26.6 Å². The Morgan fingerprint density at radius 3 is 2.50 bits per heavy atom. The smallest absolute Gasteiger partial charge is 0.144 e. The topological polar surface area (TPSA) is 17.8 Å². The summed E-state index contributed by atoms with van der Waals surface area (Å²) < 4.78 is 15.4. The number of imidazole rings is 1. The molecule has 16 heavy (non-hydrogen) atoms. The molecule has 1 heterocycles. The Balaban J connectivity index is 2.84. The van der Waals surface area contributed by atoms with E-state index in [1.807, 2.05) is 6.92 Å². The number of hydrogen-bond donors (Lipinski definition) is 0. The van der Waals surface area contributed by atoms with Gasteiger partial charge in [-0.3, -0.25) is 0 Å². The summed E-state index contributed by atoms with van der Waals surface area (Å²) in [6.07, 6.45) is 0. The monoisotopic (exact) mass is 240 g/mol. The number of rotatable bonds is 0. The van der Waals surface area contributed by atoms with Crippen molar-refractivity contribution in [3.05, 3.63) is 28.8 Å². The Morgan fingerprint density at radius 2 is 1.94 bits per heavy atom. The molecule has 0 amide bonds. The van der Waals surface area contributed by atoms with E-state index < -0.39 is 5.82 Å². The highest BCUT2D eigenvalue weighted by Crippen LogP contribution is 2.28. The summed E-state index contributed by atoms with van der Waals surface area (Å²) in [5.41, 5.74) is 1.42. The molecule has 0 saturated carbocycles. The first-order valence-corrected chi connectivity index (χ1v) is 5.53. The fraction of sp³-hybridized carbons (Fsp3) is 0.417. The lowest BCUT2D eigenvalue weighted by atomic mass is 10.1. The van der Waals surface area contributed by atoms with E-state index >= 15 is 0 Å². The van der Waals surface area contributed by atoms with Crippen molar-refractivity contribution in [3.63, 3.8) is 0 Å². The van der Waals surface area contributed by atoms with Crippen LogP contribution < -0.4 is 0 Å². The fourth-order valence-electron chi connectivity index (χ4n) is 2.04. The quantitative estimate of drug-likeness (QED) is 0.683. The highest BCUT2D eigenvalue weighted by Gasteiger charge is 2.20. The third-order valence-corrected chi connectivity index (χ3v) is 2.82. The number of aromatic nitrogens is 2. The number of benzene rings is 1. The maximum Gasteiger partial charge on any atom is 0.144 e. The summed E-state index contributed by atoms with van der Waals surface area (Å²) in [7, 11) is 0. The fourth-order valence-corrected chi connectivity index (χ4v) is 2.20. The van der Waals surface area contributed by atoms with Crippen molar-refractivity contribution >= 4 is 22.6 Å². The summed E-state index contributed by atoms with van der Waals surface area (Å²) >= 11 is 5.80. The molecule has 86 valence electrons. The van der Waals surface area contributed by atoms with E-state index in [4.69, 9.17) is 11.6 Å². The molecule has 0 saturated heterocycles. The number of hydrogen-bond acceptors (Lipinski definition) is 1. The van der Waals surface area contributed by atoms with Crippen LogP contribution >= 0.6 is 11.6 Å². The molecule has 0 aliphatic rings. The molecule has 0 aliphatic carbocycles. The van der Waals surface area contributed by atoms with Crippen LogP contribution in [0.25, 0.3) is 11.0 Å². The van der Waals surface area contributed by atoms with Gasteiger partial charge < -0.3 is 4.57 Å². The van der Waals surface area contributed by atoms with E-state index in [-0.39, 0.29) is 10.6 Å². The first-order chi connectivity index (χ1) is 7.30. The van der Waals surface area contributed by atoms with Crippen LogP contribution in [0, 0.1) is 12.7 Å². The molecule has 0 N–H and O–H groups in total. The van der Waals surface area contributed by atoms with Crippen LogP contribution in [0.5, 0.6) is 0 Å². The summed E-state index contributed by atoms with van der Waals surface area (Å²) in [5, 5.41) is 0.137. The second-order valence-corrected chi connectivity index (χ2v) is 5.33. The zero-order valence-corrected chi connectivity index (χ0v) is 10.6. The summed E-state index contributed by atoms with van der Waals surface area (Å²) in [6.45, 7) is 8.16. The van der Waals surface area contributed by atoms with E-state index in [0.717, 1.165) is 11.3 Å². The van der Waals surface area contributed by atoms with Crippen molar-refractivity contribution in [1.82, 2.24) is 9.55 Å². The van der Waals surface area contributed by atoms with Crippen molar-refractivity contribution in [1.29, 1.82) is 0 Å². The van der Waals surface area contributed by atoms with Crippen molar-refractivity contribution in [2.24, 2.45) is 0 Å². The molecule has 0 spiro atoms. The van der Waals surface area contributed by atoms with Gasteiger partial charge in [-0.15, -0.1) is 0 Å². The van der Waals surface area contributed by atoms with Gasteiger partial charge in [0.25, 0.3) is 0 Å². The molecular weight excluding hydrogens is 227 g/mol. The first kappa shape index (κ1) is 11.4. The zero-order chi connectivity index (χ0) is 12.1. The molecule has 0 atom stereocenters. The summed E-state index contributed by atoms with van der Waals surface area (Å²) in [5.74, 6) is 0.442. The third-order valence-electron chi connectivity index (χ3n) is 2.54. The molecule has 0 fully saturated rings. The summed E-state index contributed by atoms with van der Waals surface area (Å²) in [4.78, 5) is 4.35. The van der Waals surface area contributed by atoms with Gasteiger partial charge in [0.15, 0.2) is 0 Å². The third kappa shape index (κ3) is 1.69. The number of fused-ring (bicyclic) bond motifs is 1. The maximum atomic E-state index is 13.3. The molecule has 0 unspecified atom stereocenters. The van der Waals surface area contributed by atoms with E-state index in [9.17, 15) is 4.39 Å². The molecule has 2 rings (SSSR count). The van der Waals surface area contributed by atoms with Crippen LogP contribution in [0.4, 0.5) is 4.39 Å². The Hall–Kier alpha value is -1.09. The Morgan fingerprint density at radius 1 is 1.31 bits per heavy atom. The van der Waals surface area contributed by atoms with Gasteiger partial charge in [0.1, 0.15) is 11.6 Å². The van der Waals surface area contributed by atoms with E-state index in [2.05, 4.69) is 30.3 Å². The standard InChI is InChI=1S/C12H14ClFN2/c1-7-15-10-6-9(14)8(13)5-11(10)16(7)12(2,3)4/h5-6H,1-4H3. The molecular formula is C12H14ClFN2. The lowest BCUT2D eigenvalue weighted by Crippen LogP contribution is -2.22. The van der Waals surface area contributed by atoms with Crippen molar-refractivity contribution in [3.8, 4) is 0 Å². The average Bonchev–Trinajstić information content (AvgIpc) is 2.40. The van der Waals surface area contributed by atoms with Crippen LogP contribution in [-0.2, 0) is 5.54 Å². The largest absolute Gasteiger partial charge is 0.323 e. The second kappa shape index (κ2) is 3.45. The summed E-state index contributed by atoms with van der Waals surface area (Å²) in [6, 6.07) is 3.02. The van der Waals surface area contributed by atoms with Gasteiger partial charge in [0.05, 0.1) is 16.1 Å². The Bertz CT molecular complexity index is 552. The highest BCUT2D eigenvalue weighted by molar-refractivity contribution is 6.31. The lowest BCUT2D eigenvalue weighted by molar-refractivity contribution is 0.399. The normalized spacial score (nSPS) is 12.4. The van der Waals surface area contributed by atoms with E-state index in [0.29, 0.717) is 5.52 Å². The van der Waals surface area contributed by atoms with Crippen LogP contribution in [0.2, 0.25) is 5.02 Å². The molecule has 4 heteroatoms. The SMILES string of the molecule is Cc1nc2cc(F)c(Cl)cc2n1C(C)(C)C. The highest BCUT2D eigenvalue weighted by atomic mass is 35.5. The van der Waals surface area contributed by atoms with Crippen molar-refractivity contribution in [2.45, 2.75) is 33.2 Å². The molecule has 2 nitrogen and oxygen atoms in total. The molecule has 1 aromatic heterocycles. The minimum absolute atomic E-state index is 0.0972. The second-order valence-electron chi connectivity index (χ2n) is 4.92. The number of aryl methyl sites for hydroxylation is 1. The Kier molecular flexibility index (Phi) is 2.46. The minimum atomic E-state index is -0.423. The van der Waals surface area contributed by atoms with Gasteiger partial charge in [-0.2, -0.15) is 0 Å². The van der Waals surface area contributed by atoms with Gasteiger partial charge in [-0.1, -0.05) is 11.6 Å². The predicted molar refractivity (Wildman–Crippen MR) is 64.4 cm³/mol.